The van der Waals surface area contributed by atoms with Gasteiger partial charge >= 0.3 is 0 Å². The van der Waals surface area contributed by atoms with E-state index in [-0.39, 0.29) is 5.75 Å². The van der Waals surface area contributed by atoms with Crippen molar-refractivity contribution in [2.45, 2.75) is 19.9 Å². The topological polar surface area (TPSA) is 32.3 Å². The van der Waals surface area contributed by atoms with Gasteiger partial charge in [0.15, 0.2) is 11.6 Å². The number of aromatic hydroxyl groups is 1. The second-order valence-electron chi connectivity index (χ2n) is 4.26. The van der Waals surface area contributed by atoms with Crippen LogP contribution in [0.25, 0.3) is 0 Å². The lowest BCUT2D eigenvalue weighted by Gasteiger charge is -2.12. The summed E-state index contributed by atoms with van der Waals surface area (Å²) >= 11 is 3.44. The summed E-state index contributed by atoms with van der Waals surface area (Å²) in [6.07, 6.45) is 0.900. The molecule has 0 heterocycles. The minimum absolute atomic E-state index is 0.287. The van der Waals surface area contributed by atoms with Gasteiger partial charge in [-0.3, -0.25) is 0 Å². The lowest BCUT2D eigenvalue weighted by atomic mass is 10.1. The Morgan fingerprint density at radius 2 is 2.00 bits per heavy atom. The molecule has 2 aromatic carbocycles. The highest BCUT2D eigenvalue weighted by molar-refractivity contribution is 9.10. The fourth-order valence-corrected chi connectivity index (χ4v) is 2.33. The van der Waals surface area contributed by atoms with E-state index in [2.05, 4.69) is 28.2 Å². The number of hydrogen-bond donors (Lipinski definition) is 2. The molecule has 0 bridgehead atoms. The van der Waals surface area contributed by atoms with Crippen molar-refractivity contribution in [1.29, 1.82) is 0 Å². The van der Waals surface area contributed by atoms with E-state index in [0.717, 1.165) is 16.6 Å². The van der Waals surface area contributed by atoms with Crippen molar-refractivity contribution in [2.75, 3.05) is 5.32 Å². The summed E-state index contributed by atoms with van der Waals surface area (Å²) in [4.78, 5) is 0. The smallest absolute Gasteiger partial charge is 0.165 e. The van der Waals surface area contributed by atoms with E-state index in [1.54, 1.807) is 12.1 Å². The predicted molar refractivity (Wildman–Crippen MR) is 78.9 cm³/mol. The number of halogens is 2. The number of aryl methyl sites for hydroxylation is 1. The van der Waals surface area contributed by atoms with Crippen molar-refractivity contribution >= 4 is 21.6 Å². The summed E-state index contributed by atoms with van der Waals surface area (Å²) in [5, 5.41) is 12.9. The van der Waals surface area contributed by atoms with E-state index in [4.69, 9.17) is 0 Å². The molecule has 0 unspecified atom stereocenters. The quantitative estimate of drug-likeness (QED) is 0.870. The van der Waals surface area contributed by atoms with Crippen LogP contribution in [0.15, 0.2) is 40.9 Å². The average molecular weight is 324 g/mol. The number of anilines is 1. The van der Waals surface area contributed by atoms with Crippen LogP contribution >= 0.6 is 15.9 Å². The number of benzene rings is 2. The summed E-state index contributed by atoms with van der Waals surface area (Å²) < 4.78 is 14.3. The highest BCUT2D eigenvalue weighted by Crippen LogP contribution is 2.25. The molecule has 0 amide bonds. The van der Waals surface area contributed by atoms with E-state index >= 15 is 0 Å². The van der Waals surface area contributed by atoms with Gasteiger partial charge in [-0.1, -0.05) is 35.0 Å². The standard InChI is InChI=1S/C15H15BrFNO/c1-2-10-8-12(16)6-7-14(10)18-9-11-4-3-5-13(17)15(11)19/h3-8,18-19H,2,9H2,1H3. The zero-order valence-corrected chi connectivity index (χ0v) is 12.2. The molecular weight excluding hydrogens is 309 g/mol. The fourth-order valence-electron chi connectivity index (χ4n) is 1.92. The maximum absolute atomic E-state index is 13.2. The maximum Gasteiger partial charge on any atom is 0.165 e. The molecule has 2 N–H and O–H groups in total. The molecule has 2 nitrogen and oxygen atoms in total. The van der Waals surface area contributed by atoms with Gasteiger partial charge in [-0.2, -0.15) is 0 Å². The van der Waals surface area contributed by atoms with Crippen LogP contribution in [-0.4, -0.2) is 5.11 Å². The molecular formula is C15H15BrFNO. The number of rotatable bonds is 4. The molecule has 0 spiro atoms. The number of nitrogens with one attached hydrogen (secondary N) is 1. The predicted octanol–water partition coefficient (Wildman–Crippen LogP) is 4.47. The van der Waals surface area contributed by atoms with Gasteiger partial charge in [0.25, 0.3) is 0 Å². The molecule has 2 rings (SSSR count). The summed E-state index contributed by atoms with van der Waals surface area (Å²) in [7, 11) is 0. The Kier molecular flexibility index (Phi) is 4.43. The molecule has 0 atom stereocenters. The molecule has 0 aliphatic carbocycles. The Hall–Kier alpha value is -1.55. The van der Waals surface area contributed by atoms with Crippen molar-refractivity contribution in [1.82, 2.24) is 0 Å². The molecule has 2 aromatic rings. The second kappa shape index (κ2) is 6.06. The van der Waals surface area contributed by atoms with Crippen LogP contribution < -0.4 is 5.32 Å². The highest BCUT2D eigenvalue weighted by Gasteiger charge is 2.07. The van der Waals surface area contributed by atoms with Crippen LogP contribution in [0.5, 0.6) is 5.75 Å². The molecule has 4 heteroatoms. The fraction of sp³-hybridized carbons (Fsp3) is 0.200. The summed E-state index contributed by atoms with van der Waals surface area (Å²) in [5.41, 5.74) is 2.71. The summed E-state index contributed by atoms with van der Waals surface area (Å²) in [5.74, 6) is -0.879. The highest BCUT2D eigenvalue weighted by atomic mass is 79.9. The van der Waals surface area contributed by atoms with E-state index in [0.29, 0.717) is 12.1 Å². The third kappa shape index (κ3) is 3.26. The van der Waals surface area contributed by atoms with E-state index in [9.17, 15) is 9.50 Å². The third-order valence-corrected chi connectivity index (χ3v) is 3.48. The van der Waals surface area contributed by atoms with Gasteiger partial charge in [-0.05, 0) is 36.2 Å². The van der Waals surface area contributed by atoms with E-state index in [1.165, 1.54) is 11.6 Å². The number of hydrogen-bond acceptors (Lipinski definition) is 2. The zero-order chi connectivity index (χ0) is 13.8. The van der Waals surface area contributed by atoms with E-state index < -0.39 is 5.82 Å². The van der Waals surface area contributed by atoms with E-state index in [1.807, 2.05) is 18.2 Å². The van der Waals surface area contributed by atoms with Crippen molar-refractivity contribution in [3.05, 3.63) is 57.8 Å². The first-order chi connectivity index (χ1) is 9.11. The monoisotopic (exact) mass is 323 g/mol. The number of para-hydroxylation sites is 1. The first-order valence-corrected chi connectivity index (χ1v) is 6.89. The minimum Gasteiger partial charge on any atom is -0.505 e. The lowest BCUT2D eigenvalue weighted by Crippen LogP contribution is -2.03. The van der Waals surface area contributed by atoms with Crippen LogP contribution in [0.3, 0.4) is 0 Å². The van der Waals surface area contributed by atoms with Crippen LogP contribution in [0.4, 0.5) is 10.1 Å². The van der Waals surface area contributed by atoms with Crippen LogP contribution in [0.1, 0.15) is 18.1 Å². The lowest BCUT2D eigenvalue weighted by molar-refractivity contribution is 0.427. The summed E-state index contributed by atoms with van der Waals surface area (Å²) in [6, 6.07) is 10.5. The molecule has 0 radical (unpaired) electrons. The zero-order valence-electron chi connectivity index (χ0n) is 10.6. The van der Waals surface area contributed by atoms with Crippen LogP contribution in [-0.2, 0) is 13.0 Å². The first kappa shape index (κ1) is 13.9. The molecule has 0 saturated carbocycles. The third-order valence-electron chi connectivity index (χ3n) is 2.99. The van der Waals surface area contributed by atoms with Gasteiger partial charge < -0.3 is 10.4 Å². The van der Waals surface area contributed by atoms with Gasteiger partial charge in [-0.25, -0.2) is 4.39 Å². The van der Waals surface area contributed by atoms with Gasteiger partial charge in [0.1, 0.15) is 0 Å². The van der Waals surface area contributed by atoms with Crippen LogP contribution in [0.2, 0.25) is 0 Å². The Morgan fingerprint density at radius 3 is 2.74 bits per heavy atom. The van der Waals surface area contributed by atoms with Gasteiger partial charge in [-0.15, -0.1) is 0 Å². The SMILES string of the molecule is CCc1cc(Br)ccc1NCc1cccc(F)c1O. The van der Waals surface area contributed by atoms with Crippen molar-refractivity contribution in [3.63, 3.8) is 0 Å². The van der Waals surface area contributed by atoms with Crippen molar-refractivity contribution in [2.24, 2.45) is 0 Å². The van der Waals surface area contributed by atoms with Crippen LogP contribution in [0, 0.1) is 5.82 Å². The Morgan fingerprint density at radius 1 is 1.21 bits per heavy atom. The first-order valence-electron chi connectivity index (χ1n) is 6.10. The van der Waals surface area contributed by atoms with Gasteiger partial charge in [0.2, 0.25) is 0 Å². The Labute approximate surface area is 120 Å². The molecule has 100 valence electrons. The molecule has 0 saturated heterocycles. The van der Waals surface area contributed by atoms with Gasteiger partial charge in [0.05, 0.1) is 0 Å². The maximum atomic E-state index is 13.2. The normalized spacial score (nSPS) is 10.5. The molecule has 0 aliphatic heterocycles. The average Bonchev–Trinajstić information content (AvgIpc) is 2.41. The summed E-state index contributed by atoms with van der Waals surface area (Å²) in [6.45, 7) is 2.46. The number of phenolic OH excluding ortho intramolecular Hbond substituents is 1. The van der Waals surface area contributed by atoms with Crippen molar-refractivity contribution < 1.29 is 9.50 Å². The Balaban J connectivity index is 2.17. The minimum atomic E-state index is -0.592. The largest absolute Gasteiger partial charge is 0.505 e. The molecule has 0 fully saturated rings. The molecule has 0 aromatic heterocycles. The van der Waals surface area contributed by atoms with Gasteiger partial charge in [0, 0.05) is 22.3 Å². The molecule has 19 heavy (non-hydrogen) atoms. The molecule has 0 aliphatic rings. The van der Waals surface area contributed by atoms with Crippen molar-refractivity contribution in [3.8, 4) is 5.75 Å². The second-order valence-corrected chi connectivity index (χ2v) is 5.17. The Bertz CT molecular complexity index is 586. The number of phenols is 1.